The van der Waals surface area contributed by atoms with Crippen LogP contribution in [0.25, 0.3) is 22.0 Å². The molecule has 1 unspecified atom stereocenters. The minimum atomic E-state index is 0.0618. The van der Waals surface area contributed by atoms with E-state index in [0.717, 1.165) is 52.3 Å². The maximum absolute atomic E-state index is 6.18. The summed E-state index contributed by atoms with van der Waals surface area (Å²) in [5, 5.41) is 4.33. The van der Waals surface area contributed by atoms with Gasteiger partial charge in [0, 0.05) is 42.0 Å². The highest BCUT2D eigenvalue weighted by Crippen LogP contribution is 2.30. The van der Waals surface area contributed by atoms with Crippen LogP contribution >= 0.6 is 0 Å². The molecule has 1 aliphatic heterocycles. The third-order valence-electron chi connectivity index (χ3n) is 6.06. The first-order valence-corrected chi connectivity index (χ1v) is 11.4. The Morgan fingerprint density at radius 2 is 1.73 bits per heavy atom. The lowest BCUT2D eigenvalue weighted by Crippen LogP contribution is -2.34. The van der Waals surface area contributed by atoms with E-state index in [2.05, 4.69) is 28.2 Å². The summed E-state index contributed by atoms with van der Waals surface area (Å²) in [5.41, 5.74) is 3.92. The van der Waals surface area contributed by atoms with E-state index in [9.17, 15) is 0 Å². The molecular formula is C27H28N4O2. The maximum atomic E-state index is 6.18. The van der Waals surface area contributed by atoms with Crippen molar-refractivity contribution in [1.29, 1.82) is 0 Å². The number of ether oxygens (including phenoxy) is 2. The molecule has 2 heterocycles. The molecule has 0 spiro atoms. The third kappa shape index (κ3) is 4.76. The molecule has 1 aliphatic rings. The van der Waals surface area contributed by atoms with E-state index in [1.807, 2.05) is 66.9 Å². The summed E-state index contributed by atoms with van der Waals surface area (Å²) in [6.07, 6.45) is 4.40. The van der Waals surface area contributed by atoms with Crippen molar-refractivity contribution in [2.75, 3.05) is 25.5 Å². The Labute approximate surface area is 194 Å². The number of rotatable bonds is 7. The number of anilines is 2. The van der Waals surface area contributed by atoms with Gasteiger partial charge in [-0.2, -0.15) is 0 Å². The smallest absolute Gasteiger partial charge is 0.227 e. The monoisotopic (exact) mass is 440 g/mol. The van der Waals surface area contributed by atoms with Gasteiger partial charge < -0.3 is 14.8 Å². The lowest BCUT2D eigenvalue weighted by Gasteiger charge is -2.24. The van der Waals surface area contributed by atoms with E-state index in [1.165, 1.54) is 12.8 Å². The molecule has 6 nitrogen and oxygen atoms in total. The lowest BCUT2D eigenvalue weighted by molar-refractivity contribution is 0.0593. The van der Waals surface area contributed by atoms with Gasteiger partial charge in [0.15, 0.2) is 0 Å². The van der Waals surface area contributed by atoms with Gasteiger partial charge in [0.25, 0.3) is 0 Å². The van der Waals surface area contributed by atoms with E-state index < -0.39 is 0 Å². The molecule has 168 valence electrons. The number of benzene rings is 3. The summed E-state index contributed by atoms with van der Waals surface area (Å²) in [7, 11) is 1.67. The number of para-hydroxylation sites is 1. The summed E-state index contributed by atoms with van der Waals surface area (Å²) in [4.78, 5) is 11.7. The van der Waals surface area contributed by atoms with Crippen molar-refractivity contribution in [1.82, 2.24) is 14.9 Å². The van der Waals surface area contributed by atoms with Gasteiger partial charge in [0.05, 0.1) is 12.6 Å². The van der Waals surface area contributed by atoms with Gasteiger partial charge in [0.1, 0.15) is 17.7 Å². The van der Waals surface area contributed by atoms with E-state index in [1.54, 1.807) is 7.11 Å². The minimum absolute atomic E-state index is 0.0618. The largest absolute Gasteiger partial charge is 0.497 e. The molecule has 6 heteroatoms. The van der Waals surface area contributed by atoms with Crippen LogP contribution in [0.15, 0.2) is 72.9 Å². The summed E-state index contributed by atoms with van der Waals surface area (Å²) < 4.78 is 11.5. The van der Waals surface area contributed by atoms with Crippen LogP contribution in [0.5, 0.6) is 11.5 Å². The lowest BCUT2D eigenvalue weighted by atomic mass is 10.0. The van der Waals surface area contributed by atoms with Crippen LogP contribution in [0.2, 0.25) is 0 Å². The first kappa shape index (κ1) is 21.2. The zero-order valence-electron chi connectivity index (χ0n) is 19.0. The standard InChI is InChI=1S/C27H28N4O2/c1-19(31-15-3-4-16-31)33-24-9-6-8-22(17-24)29-27-28-18-21-7-5-10-25(26(21)30-27)20-11-13-23(32-2)14-12-20/h5-14,17-19H,3-4,15-16H2,1-2H3,(H,28,29,30). The second-order valence-corrected chi connectivity index (χ2v) is 8.28. The molecular weight excluding hydrogens is 412 g/mol. The fourth-order valence-corrected chi connectivity index (χ4v) is 4.27. The predicted octanol–water partition coefficient (Wildman–Crippen LogP) is 5.87. The van der Waals surface area contributed by atoms with Gasteiger partial charge in [-0.25, -0.2) is 9.97 Å². The summed E-state index contributed by atoms with van der Waals surface area (Å²) in [6, 6.07) is 22.1. The van der Waals surface area contributed by atoms with Crippen LogP contribution in [0.4, 0.5) is 11.6 Å². The Kier molecular flexibility index (Phi) is 6.09. The number of hydrogen-bond acceptors (Lipinski definition) is 6. The molecule has 1 fully saturated rings. The first-order valence-electron chi connectivity index (χ1n) is 11.4. The van der Waals surface area contributed by atoms with Crippen LogP contribution in [0.1, 0.15) is 19.8 Å². The van der Waals surface area contributed by atoms with Gasteiger partial charge in [-0.1, -0.05) is 36.4 Å². The fourth-order valence-electron chi connectivity index (χ4n) is 4.27. The predicted molar refractivity (Wildman–Crippen MR) is 132 cm³/mol. The van der Waals surface area contributed by atoms with Crippen LogP contribution in [-0.2, 0) is 0 Å². The molecule has 0 radical (unpaired) electrons. The Balaban J connectivity index is 1.39. The van der Waals surface area contributed by atoms with Crippen molar-refractivity contribution in [3.63, 3.8) is 0 Å². The average Bonchev–Trinajstić information content (AvgIpc) is 3.39. The van der Waals surface area contributed by atoms with Crippen LogP contribution in [0, 0.1) is 0 Å². The quantitative estimate of drug-likeness (QED) is 0.388. The van der Waals surface area contributed by atoms with Gasteiger partial charge in [0.2, 0.25) is 5.95 Å². The van der Waals surface area contributed by atoms with Crippen molar-refractivity contribution in [2.24, 2.45) is 0 Å². The SMILES string of the molecule is COc1ccc(-c2cccc3cnc(Nc4cccc(OC(C)N5CCCC5)c4)nc23)cc1. The molecule has 4 aromatic rings. The van der Waals surface area contributed by atoms with Gasteiger partial charge in [-0.15, -0.1) is 0 Å². The van der Waals surface area contributed by atoms with Crippen LogP contribution in [0.3, 0.4) is 0 Å². The van der Waals surface area contributed by atoms with Gasteiger partial charge in [-0.05, 0) is 49.6 Å². The number of nitrogens with zero attached hydrogens (tertiary/aromatic N) is 3. The minimum Gasteiger partial charge on any atom is -0.497 e. The number of nitrogens with one attached hydrogen (secondary N) is 1. The highest BCUT2D eigenvalue weighted by molar-refractivity contribution is 5.94. The van der Waals surface area contributed by atoms with Crippen molar-refractivity contribution in [3.8, 4) is 22.6 Å². The zero-order valence-corrected chi connectivity index (χ0v) is 19.0. The Morgan fingerprint density at radius 3 is 2.52 bits per heavy atom. The number of likely N-dealkylation sites (tertiary alicyclic amines) is 1. The van der Waals surface area contributed by atoms with Crippen molar-refractivity contribution >= 4 is 22.5 Å². The van der Waals surface area contributed by atoms with Gasteiger partial charge >= 0.3 is 0 Å². The Bertz CT molecular complexity index is 1240. The number of hydrogen-bond donors (Lipinski definition) is 1. The Hall–Kier alpha value is -3.64. The molecule has 0 saturated carbocycles. The van der Waals surface area contributed by atoms with E-state index in [4.69, 9.17) is 14.5 Å². The van der Waals surface area contributed by atoms with Crippen molar-refractivity contribution < 1.29 is 9.47 Å². The molecule has 1 atom stereocenters. The average molecular weight is 441 g/mol. The van der Waals surface area contributed by atoms with Crippen molar-refractivity contribution in [2.45, 2.75) is 26.0 Å². The van der Waals surface area contributed by atoms with E-state index in [0.29, 0.717) is 5.95 Å². The number of fused-ring (bicyclic) bond motifs is 1. The summed E-state index contributed by atoms with van der Waals surface area (Å²) >= 11 is 0. The Morgan fingerprint density at radius 1 is 0.939 bits per heavy atom. The molecule has 0 amide bonds. The second-order valence-electron chi connectivity index (χ2n) is 8.28. The second kappa shape index (κ2) is 9.46. The summed E-state index contributed by atoms with van der Waals surface area (Å²) in [6.45, 7) is 4.31. The highest BCUT2D eigenvalue weighted by atomic mass is 16.5. The molecule has 1 N–H and O–H groups in total. The molecule has 5 rings (SSSR count). The van der Waals surface area contributed by atoms with Crippen LogP contribution in [-0.4, -0.2) is 41.3 Å². The molecule has 3 aromatic carbocycles. The molecule has 1 aromatic heterocycles. The number of aromatic nitrogens is 2. The van der Waals surface area contributed by atoms with E-state index in [-0.39, 0.29) is 6.23 Å². The fraction of sp³-hybridized carbons (Fsp3) is 0.259. The topological polar surface area (TPSA) is 59.5 Å². The third-order valence-corrected chi connectivity index (χ3v) is 6.06. The maximum Gasteiger partial charge on any atom is 0.227 e. The summed E-state index contributed by atoms with van der Waals surface area (Å²) in [5.74, 6) is 2.21. The highest BCUT2D eigenvalue weighted by Gasteiger charge is 2.19. The molecule has 0 aliphatic carbocycles. The van der Waals surface area contributed by atoms with Crippen LogP contribution < -0.4 is 14.8 Å². The number of methoxy groups -OCH3 is 1. The zero-order chi connectivity index (χ0) is 22.6. The normalized spacial score (nSPS) is 14.8. The van der Waals surface area contributed by atoms with Crippen molar-refractivity contribution in [3.05, 3.63) is 72.9 Å². The van der Waals surface area contributed by atoms with Gasteiger partial charge in [-0.3, -0.25) is 4.90 Å². The molecule has 0 bridgehead atoms. The molecule has 33 heavy (non-hydrogen) atoms. The molecule has 1 saturated heterocycles. The first-order chi connectivity index (χ1) is 16.2. The van der Waals surface area contributed by atoms with E-state index >= 15 is 0 Å².